The van der Waals surface area contributed by atoms with E-state index in [4.69, 9.17) is 34.8 Å². The summed E-state index contributed by atoms with van der Waals surface area (Å²) < 4.78 is 0. The number of benzene rings is 2. The van der Waals surface area contributed by atoms with Crippen LogP contribution in [0.15, 0.2) is 48.5 Å². The number of hydrogen-bond donors (Lipinski definition) is 0. The standard InChI is InChI=1S/C17H12Cl3N/c18-14-8-9-15(17(20)10-14)13(11-21)6-3-5-12-4-1-2-7-16(12)19/h1-5,7-10,13H,6H2. The molecule has 0 aromatic heterocycles. The molecule has 0 saturated heterocycles. The lowest BCUT2D eigenvalue weighted by Gasteiger charge is -2.09. The topological polar surface area (TPSA) is 23.8 Å². The smallest absolute Gasteiger partial charge is 0.0761 e. The molecule has 106 valence electrons. The van der Waals surface area contributed by atoms with Crippen molar-refractivity contribution in [3.63, 3.8) is 0 Å². The zero-order chi connectivity index (χ0) is 15.2. The van der Waals surface area contributed by atoms with Crippen LogP contribution in [0.3, 0.4) is 0 Å². The lowest BCUT2D eigenvalue weighted by molar-refractivity contribution is 0.880. The molecule has 0 N–H and O–H groups in total. The summed E-state index contributed by atoms with van der Waals surface area (Å²) in [6.45, 7) is 0. The van der Waals surface area contributed by atoms with E-state index in [0.29, 0.717) is 21.5 Å². The van der Waals surface area contributed by atoms with Crippen LogP contribution >= 0.6 is 34.8 Å². The average molecular weight is 337 g/mol. The summed E-state index contributed by atoms with van der Waals surface area (Å²) in [6.07, 6.45) is 4.40. The average Bonchev–Trinajstić information content (AvgIpc) is 2.46. The van der Waals surface area contributed by atoms with E-state index in [0.717, 1.165) is 11.1 Å². The van der Waals surface area contributed by atoms with Gasteiger partial charge in [0.1, 0.15) is 0 Å². The van der Waals surface area contributed by atoms with Crippen molar-refractivity contribution >= 4 is 40.9 Å². The summed E-state index contributed by atoms with van der Waals surface area (Å²) >= 11 is 18.1. The molecule has 0 amide bonds. The van der Waals surface area contributed by atoms with Crippen molar-refractivity contribution < 1.29 is 0 Å². The molecule has 1 unspecified atom stereocenters. The minimum atomic E-state index is -0.312. The van der Waals surface area contributed by atoms with Gasteiger partial charge in [-0.15, -0.1) is 0 Å². The number of nitriles is 1. The van der Waals surface area contributed by atoms with Gasteiger partial charge in [0.05, 0.1) is 12.0 Å². The number of hydrogen-bond acceptors (Lipinski definition) is 1. The molecule has 0 spiro atoms. The van der Waals surface area contributed by atoms with Crippen molar-refractivity contribution in [1.82, 2.24) is 0 Å². The molecule has 0 aliphatic heterocycles. The maximum absolute atomic E-state index is 9.32. The van der Waals surface area contributed by atoms with Crippen LogP contribution < -0.4 is 0 Å². The molecule has 1 atom stereocenters. The number of rotatable bonds is 4. The number of halogens is 3. The van der Waals surface area contributed by atoms with Crippen molar-refractivity contribution in [3.05, 3.63) is 74.7 Å². The van der Waals surface area contributed by atoms with E-state index < -0.39 is 0 Å². The Morgan fingerprint density at radius 3 is 2.48 bits per heavy atom. The second-order valence-electron chi connectivity index (χ2n) is 4.51. The summed E-state index contributed by atoms with van der Waals surface area (Å²) in [5.41, 5.74) is 1.71. The Bertz CT molecular complexity index is 701. The van der Waals surface area contributed by atoms with Crippen molar-refractivity contribution in [2.75, 3.05) is 0 Å². The maximum atomic E-state index is 9.32. The Balaban J connectivity index is 2.14. The summed E-state index contributed by atoms with van der Waals surface area (Å²) in [5.74, 6) is -0.312. The highest BCUT2D eigenvalue weighted by Gasteiger charge is 2.13. The van der Waals surface area contributed by atoms with E-state index in [9.17, 15) is 5.26 Å². The summed E-state index contributed by atoms with van der Waals surface area (Å²) in [7, 11) is 0. The molecule has 2 aromatic rings. The first kappa shape index (κ1) is 15.9. The van der Waals surface area contributed by atoms with Gasteiger partial charge in [-0.3, -0.25) is 0 Å². The third-order valence-corrected chi connectivity index (χ3v) is 3.97. The molecule has 1 nitrogen and oxygen atoms in total. The van der Waals surface area contributed by atoms with Gasteiger partial charge in [-0.05, 0) is 35.7 Å². The largest absolute Gasteiger partial charge is 0.198 e. The fourth-order valence-corrected chi connectivity index (χ4v) is 2.71. The molecule has 4 heteroatoms. The van der Waals surface area contributed by atoms with E-state index in [-0.39, 0.29) is 5.92 Å². The minimum absolute atomic E-state index is 0.312. The van der Waals surface area contributed by atoms with Crippen molar-refractivity contribution in [2.24, 2.45) is 0 Å². The predicted octanol–water partition coefficient (Wildman–Crippen LogP) is 6.36. The molecule has 2 rings (SSSR count). The highest BCUT2D eigenvalue weighted by Crippen LogP contribution is 2.30. The quantitative estimate of drug-likeness (QED) is 0.637. The van der Waals surface area contributed by atoms with Gasteiger partial charge in [-0.1, -0.05) is 71.2 Å². The predicted molar refractivity (Wildman–Crippen MR) is 89.9 cm³/mol. The van der Waals surface area contributed by atoms with E-state index in [1.165, 1.54) is 0 Å². The normalized spacial score (nSPS) is 12.3. The van der Waals surface area contributed by atoms with Gasteiger partial charge in [-0.25, -0.2) is 0 Å². The van der Waals surface area contributed by atoms with Gasteiger partial charge in [0.2, 0.25) is 0 Å². The molecule has 0 fully saturated rings. The second kappa shape index (κ2) is 7.52. The molecular formula is C17H12Cl3N. The van der Waals surface area contributed by atoms with E-state index >= 15 is 0 Å². The lowest BCUT2D eigenvalue weighted by Crippen LogP contribution is -1.95. The molecule has 0 bridgehead atoms. The Labute approximate surface area is 139 Å². The van der Waals surface area contributed by atoms with Crippen molar-refractivity contribution in [1.29, 1.82) is 5.26 Å². The molecule has 0 aliphatic carbocycles. The lowest BCUT2D eigenvalue weighted by atomic mass is 9.96. The molecule has 0 saturated carbocycles. The third-order valence-electron chi connectivity index (χ3n) is 3.07. The molecule has 0 aliphatic rings. The minimum Gasteiger partial charge on any atom is -0.198 e. The van der Waals surface area contributed by atoms with Crippen LogP contribution in [0.5, 0.6) is 0 Å². The Morgan fingerprint density at radius 1 is 1.05 bits per heavy atom. The van der Waals surface area contributed by atoms with Gasteiger partial charge in [-0.2, -0.15) is 5.26 Å². The molecule has 2 aromatic carbocycles. The van der Waals surface area contributed by atoms with E-state index in [1.54, 1.807) is 18.2 Å². The molecule has 0 heterocycles. The first-order chi connectivity index (χ1) is 10.1. The first-order valence-corrected chi connectivity index (χ1v) is 7.51. The van der Waals surface area contributed by atoms with Gasteiger partial charge in [0.15, 0.2) is 0 Å². The van der Waals surface area contributed by atoms with Crippen LogP contribution in [0.2, 0.25) is 15.1 Å². The van der Waals surface area contributed by atoms with Crippen LogP contribution in [0.1, 0.15) is 23.5 Å². The zero-order valence-corrected chi connectivity index (χ0v) is 13.3. The highest BCUT2D eigenvalue weighted by molar-refractivity contribution is 6.35. The van der Waals surface area contributed by atoms with Crippen LogP contribution in [-0.2, 0) is 0 Å². The first-order valence-electron chi connectivity index (χ1n) is 6.37. The monoisotopic (exact) mass is 335 g/mol. The maximum Gasteiger partial charge on any atom is 0.0761 e. The van der Waals surface area contributed by atoms with Gasteiger partial charge < -0.3 is 0 Å². The van der Waals surface area contributed by atoms with Crippen LogP contribution in [0, 0.1) is 11.3 Å². The van der Waals surface area contributed by atoms with E-state index in [2.05, 4.69) is 6.07 Å². The summed E-state index contributed by atoms with van der Waals surface area (Å²) in [6, 6.07) is 15.0. The number of nitrogens with zero attached hydrogens (tertiary/aromatic N) is 1. The highest BCUT2D eigenvalue weighted by atomic mass is 35.5. The van der Waals surface area contributed by atoms with Crippen LogP contribution in [-0.4, -0.2) is 0 Å². The van der Waals surface area contributed by atoms with Gasteiger partial charge in [0.25, 0.3) is 0 Å². The Morgan fingerprint density at radius 2 is 1.81 bits per heavy atom. The SMILES string of the molecule is N#CC(CC=Cc1ccccc1Cl)c1ccc(Cl)cc1Cl. The van der Waals surface area contributed by atoms with Gasteiger partial charge >= 0.3 is 0 Å². The fourth-order valence-electron chi connectivity index (χ4n) is 1.97. The number of allylic oxidation sites excluding steroid dienone is 1. The molecular weight excluding hydrogens is 325 g/mol. The van der Waals surface area contributed by atoms with E-state index in [1.807, 2.05) is 36.4 Å². The second-order valence-corrected chi connectivity index (χ2v) is 5.76. The molecule has 21 heavy (non-hydrogen) atoms. The van der Waals surface area contributed by atoms with Crippen LogP contribution in [0.25, 0.3) is 6.08 Å². The third kappa shape index (κ3) is 4.25. The van der Waals surface area contributed by atoms with Crippen molar-refractivity contribution in [2.45, 2.75) is 12.3 Å². The summed E-state index contributed by atoms with van der Waals surface area (Å²) in [5, 5.41) is 11.1. The van der Waals surface area contributed by atoms with Crippen LogP contribution in [0.4, 0.5) is 0 Å². The zero-order valence-electron chi connectivity index (χ0n) is 11.1. The fraction of sp³-hybridized carbons (Fsp3) is 0.118. The summed E-state index contributed by atoms with van der Waals surface area (Å²) in [4.78, 5) is 0. The van der Waals surface area contributed by atoms with Gasteiger partial charge in [0, 0.05) is 15.1 Å². The Hall–Kier alpha value is -1.46. The van der Waals surface area contributed by atoms with Crippen molar-refractivity contribution in [3.8, 4) is 6.07 Å². The molecule has 0 radical (unpaired) electrons. The Kier molecular flexibility index (Phi) is 5.70.